The lowest BCUT2D eigenvalue weighted by Crippen LogP contribution is -2.41. The van der Waals surface area contributed by atoms with E-state index in [1.54, 1.807) is 11.0 Å². The molecular weight excluding hydrogens is 268 g/mol. The maximum absolute atomic E-state index is 12.5. The average Bonchev–Trinajstić information content (AvgIpc) is 2.69. The van der Waals surface area contributed by atoms with Crippen molar-refractivity contribution in [3.05, 3.63) is 34.9 Å². The molecule has 3 rings (SSSR count). The Morgan fingerprint density at radius 2 is 2.05 bits per heavy atom. The predicted molar refractivity (Wildman–Crippen MR) is 76.5 cm³/mol. The Kier molecular flexibility index (Phi) is 3.59. The minimum Gasteiger partial charge on any atom is -0.326 e. The fourth-order valence-corrected chi connectivity index (χ4v) is 3.16. The third kappa shape index (κ3) is 2.49. The molecule has 1 aromatic carbocycles. The smallest absolute Gasteiger partial charge is 0.255 e. The predicted octanol–water partition coefficient (Wildman–Crippen LogP) is 1.18. The first-order valence-electron chi connectivity index (χ1n) is 7.27. The lowest BCUT2D eigenvalue weighted by molar-refractivity contribution is -0.128. The van der Waals surface area contributed by atoms with E-state index in [1.165, 1.54) is 0 Å². The Morgan fingerprint density at radius 1 is 1.24 bits per heavy atom. The van der Waals surface area contributed by atoms with E-state index < -0.39 is 6.04 Å². The highest BCUT2D eigenvalue weighted by Gasteiger charge is 2.37. The molecule has 1 atom stereocenters. The summed E-state index contributed by atoms with van der Waals surface area (Å²) >= 11 is 0. The van der Waals surface area contributed by atoms with Crippen LogP contribution in [0.15, 0.2) is 18.2 Å². The minimum atomic E-state index is -0.460. The maximum Gasteiger partial charge on any atom is 0.255 e. The van der Waals surface area contributed by atoms with Crippen molar-refractivity contribution in [2.24, 2.45) is 5.73 Å². The molecule has 1 aliphatic heterocycles. The second-order valence-electron chi connectivity index (χ2n) is 5.72. The summed E-state index contributed by atoms with van der Waals surface area (Å²) in [6.07, 6.45) is 1.64. The van der Waals surface area contributed by atoms with E-state index in [0.29, 0.717) is 37.9 Å². The largest absolute Gasteiger partial charge is 0.326 e. The summed E-state index contributed by atoms with van der Waals surface area (Å²) in [7, 11) is 0. The molecule has 0 spiro atoms. The molecule has 1 aromatic rings. The van der Waals surface area contributed by atoms with Crippen molar-refractivity contribution in [3.8, 4) is 0 Å². The number of amides is 1. The Labute approximate surface area is 123 Å². The Bertz CT molecular complexity index is 624. The van der Waals surface area contributed by atoms with E-state index in [0.717, 1.165) is 11.1 Å². The van der Waals surface area contributed by atoms with Gasteiger partial charge in [0.05, 0.1) is 12.5 Å². The van der Waals surface area contributed by atoms with Gasteiger partial charge in [-0.1, -0.05) is 12.1 Å². The zero-order chi connectivity index (χ0) is 15.0. The molecule has 21 heavy (non-hydrogen) atoms. The van der Waals surface area contributed by atoms with Gasteiger partial charge in [0.2, 0.25) is 0 Å². The highest BCUT2D eigenvalue weighted by molar-refractivity contribution is 6.06. The molecule has 2 N–H and O–H groups in total. The summed E-state index contributed by atoms with van der Waals surface area (Å²) in [4.78, 5) is 37.8. The fourth-order valence-electron chi connectivity index (χ4n) is 3.16. The van der Waals surface area contributed by atoms with Gasteiger partial charge in [-0.05, 0) is 30.0 Å². The molecule has 0 radical (unpaired) electrons. The second kappa shape index (κ2) is 5.41. The number of benzene rings is 1. The summed E-state index contributed by atoms with van der Waals surface area (Å²) in [5.41, 5.74) is 8.17. The van der Waals surface area contributed by atoms with Crippen LogP contribution in [0.4, 0.5) is 0 Å². The molecule has 2 aliphatic rings. The number of rotatable bonds is 2. The van der Waals surface area contributed by atoms with Crippen molar-refractivity contribution in [2.45, 2.75) is 44.8 Å². The van der Waals surface area contributed by atoms with Crippen LogP contribution < -0.4 is 5.73 Å². The van der Waals surface area contributed by atoms with Gasteiger partial charge in [-0.15, -0.1) is 0 Å². The zero-order valence-electron chi connectivity index (χ0n) is 11.8. The van der Waals surface area contributed by atoms with Crippen molar-refractivity contribution in [2.75, 3.05) is 0 Å². The van der Waals surface area contributed by atoms with Gasteiger partial charge in [-0.3, -0.25) is 14.4 Å². The fraction of sp³-hybridized carbons (Fsp3) is 0.438. The third-order valence-electron chi connectivity index (χ3n) is 4.29. The van der Waals surface area contributed by atoms with Crippen LogP contribution in [0.3, 0.4) is 0 Å². The normalized spacial score (nSPS) is 22.4. The zero-order valence-corrected chi connectivity index (χ0v) is 11.8. The van der Waals surface area contributed by atoms with Crippen LogP contribution in [0, 0.1) is 0 Å². The van der Waals surface area contributed by atoms with E-state index in [1.807, 2.05) is 12.1 Å². The van der Waals surface area contributed by atoms with E-state index >= 15 is 0 Å². The molecular formula is C16H18N2O3. The number of hydrogen-bond donors (Lipinski definition) is 1. The molecule has 1 aliphatic carbocycles. The number of fused-ring (bicyclic) bond motifs is 1. The van der Waals surface area contributed by atoms with Gasteiger partial charge in [0.1, 0.15) is 5.78 Å². The van der Waals surface area contributed by atoms with Crippen LogP contribution in [0.1, 0.15) is 47.2 Å². The van der Waals surface area contributed by atoms with Crippen LogP contribution in [0.2, 0.25) is 0 Å². The quantitative estimate of drug-likeness (QED) is 0.654. The summed E-state index contributed by atoms with van der Waals surface area (Å²) in [5, 5.41) is 0. The van der Waals surface area contributed by atoms with Gasteiger partial charge in [0, 0.05) is 25.1 Å². The van der Waals surface area contributed by atoms with Gasteiger partial charge in [-0.2, -0.15) is 0 Å². The number of nitrogens with zero attached hydrogens (tertiary/aromatic N) is 1. The van der Waals surface area contributed by atoms with Crippen molar-refractivity contribution < 1.29 is 14.4 Å². The molecule has 0 bridgehead atoms. The molecule has 1 amide bonds. The van der Waals surface area contributed by atoms with Gasteiger partial charge in [0.15, 0.2) is 5.78 Å². The highest BCUT2D eigenvalue weighted by atomic mass is 16.2. The first-order valence-corrected chi connectivity index (χ1v) is 7.27. The Morgan fingerprint density at radius 3 is 2.81 bits per heavy atom. The number of ketones is 2. The summed E-state index contributed by atoms with van der Waals surface area (Å²) in [5.74, 6) is -0.254. The molecule has 110 valence electrons. The van der Waals surface area contributed by atoms with Gasteiger partial charge >= 0.3 is 0 Å². The molecule has 0 saturated heterocycles. The van der Waals surface area contributed by atoms with Crippen molar-refractivity contribution >= 4 is 17.5 Å². The number of carbonyl (C=O) groups is 3. The monoisotopic (exact) mass is 286 g/mol. The Hall–Kier alpha value is -2.01. The lowest BCUT2D eigenvalue weighted by Gasteiger charge is -2.25. The first kappa shape index (κ1) is 13.9. The van der Waals surface area contributed by atoms with Crippen LogP contribution >= 0.6 is 0 Å². The number of nitrogens with two attached hydrogens (primary N) is 1. The number of carbonyl (C=O) groups excluding carboxylic acids is 3. The van der Waals surface area contributed by atoms with Gasteiger partial charge < -0.3 is 10.6 Å². The summed E-state index contributed by atoms with van der Waals surface area (Å²) in [6.45, 7) is 0.866. The standard InChI is InChI=1S/C16H18N2O3/c17-8-10-4-5-13-11(6-10)9-18(16(13)21)14-3-1-2-12(19)7-15(14)20/h4-6,14H,1-3,7-9,17H2/t14-/m0/s1. The lowest BCUT2D eigenvalue weighted by atomic mass is 10.1. The van der Waals surface area contributed by atoms with Crippen LogP contribution in [-0.2, 0) is 22.7 Å². The third-order valence-corrected chi connectivity index (χ3v) is 4.29. The molecule has 1 heterocycles. The number of hydrogen-bond acceptors (Lipinski definition) is 4. The number of Topliss-reactive ketones (excluding diaryl/α,β-unsaturated/α-hetero) is 2. The molecule has 0 unspecified atom stereocenters. The molecule has 5 nitrogen and oxygen atoms in total. The van der Waals surface area contributed by atoms with Gasteiger partial charge in [0.25, 0.3) is 5.91 Å². The minimum absolute atomic E-state index is 0.0166. The van der Waals surface area contributed by atoms with E-state index in [-0.39, 0.29) is 23.9 Å². The maximum atomic E-state index is 12.5. The van der Waals surface area contributed by atoms with Crippen LogP contribution in [0.5, 0.6) is 0 Å². The van der Waals surface area contributed by atoms with Crippen molar-refractivity contribution in [3.63, 3.8) is 0 Å². The van der Waals surface area contributed by atoms with Crippen molar-refractivity contribution in [1.82, 2.24) is 4.90 Å². The van der Waals surface area contributed by atoms with Crippen LogP contribution in [0.25, 0.3) is 0 Å². The molecule has 1 fully saturated rings. The highest BCUT2D eigenvalue weighted by Crippen LogP contribution is 2.29. The van der Waals surface area contributed by atoms with Gasteiger partial charge in [-0.25, -0.2) is 0 Å². The topological polar surface area (TPSA) is 80.5 Å². The second-order valence-corrected chi connectivity index (χ2v) is 5.72. The molecule has 0 aromatic heterocycles. The first-order chi connectivity index (χ1) is 10.1. The summed E-state index contributed by atoms with van der Waals surface area (Å²) < 4.78 is 0. The Balaban J connectivity index is 1.86. The van der Waals surface area contributed by atoms with E-state index in [2.05, 4.69) is 0 Å². The van der Waals surface area contributed by atoms with Crippen LogP contribution in [-0.4, -0.2) is 28.4 Å². The molecule has 1 saturated carbocycles. The van der Waals surface area contributed by atoms with E-state index in [4.69, 9.17) is 5.73 Å². The SMILES string of the molecule is NCc1ccc2c(c1)CN([C@H]1CCCC(=O)CC1=O)C2=O. The summed E-state index contributed by atoms with van der Waals surface area (Å²) in [6, 6.07) is 5.10. The van der Waals surface area contributed by atoms with E-state index in [9.17, 15) is 14.4 Å². The van der Waals surface area contributed by atoms with Crippen molar-refractivity contribution in [1.29, 1.82) is 0 Å². The molecule has 5 heteroatoms. The average molecular weight is 286 g/mol.